The number of fused-ring (bicyclic) bond motifs is 1. The van der Waals surface area contributed by atoms with Crippen molar-refractivity contribution in [1.29, 1.82) is 0 Å². The quantitative estimate of drug-likeness (QED) is 0.765. The van der Waals surface area contributed by atoms with E-state index in [1.54, 1.807) is 7.11 Å². The lowest BCUT2D eigenvalue weighted by molar-refractivity contribution is -0.126. The zero-order valence-corrected chi connectivity index (χ0v) is 16.0. The van der Waals surface area contributed by atoms with Gasteiger partial charge < -0.3 is 14.4 Å². The molecule has 0 aliphatic carbocycles. The van der Waals surface area contributed by atoms with Crippen LogP contribution in [-0.2, 0) is 19.4 Å². The van der Waals surface area contributed by atoms with E-state index in [1.165, 1.54) is 11.8 Å². The number of nitrogens with zero attached hydrogens (tertiary/aromatic N) is 2. The lowest BCUT2D eigenvalue weighted by Crippen LogP contribution is -2.38. The van der Waals surface area contributed by atoms with E-state index in [1.807, 2.05) is 29.2 Å². The third-order valence-electron chi connectivity index (χ3n) is 4.82. The number of hydrogen-bond acceptors (Lipinski definition) is 6. The molecule has 9 heteroatoms. The second-order valence-electron chi connectivity index (χ2n) is 6.58. The number of rotatable bonds is 3. The number of benzene rings is 1. The highest BCUT2D eigenvalue weighted by Crippen LogP contribution is 2.43. The van der Waals surface area contributed by atoms with Crippen molar-refractivity contribution in [2.75, 3.05) is 30.1 Å². The van der Waals surface area contributed by atoms with Gasteiger partial charge in [0, 0.05) is 11.9 Å². The molecular formula is C17H20N2O5S2. The molecule has 0 radical (unpaired) electrons. The van der Waals surface area contributed by atoms with Crippen LogP contribution in [0.4, 0.5) is 5.69 Å². The number of amidine groups is 1. The zero-order valence-electron chi connectivity index (χ0n) is 14.3. The van der Waals surface area contributed by atoms with Gasteiger partial charge in [-0.05, 0) is 25.0 Å². The normalized spacial score (nSPS) is 31.3. The standard InChI is InChI=1S/C17H20N2O5S2/c1-23-13-6-3-2-5-11(13)19-12-9-26(21,22)10-15(12)25-17(19)18-16(20)14-7-4-8-24-14/h2-3,5-6,12,14-15H,4,7-10H2,1H3/t12-,14+,15-/m0/s1. The fraction of sp³-hybridized carbons (Fsp3) is 0.529. The van der Waals surface area contributed by atoms with Gasteiger partial charge in [0.2, 0.25) is 0 Å². The summed E-state index contributed by atoms with van der Waals surface area (Å²) in [5, 5.41) is 0.390. The molecule has 3 fully saturated rings. The summed E-state index contributed by atoms with van der Waals surface area (Å²) in [5.74, 6) is 0.472. The number of hydrogen-bond donors (Lipinski definition) is 0. The monoisotopic (exact) mass is 396 g/mol. The topological polar surface area (TPSA) is 85.3 Å². The van der Waals surface area contributed by atoms with Crippen molar-refractivity contribution in [3.05, 3.63) is 24.3 Å². The maximum atomic E-state index is 12.5. The van der Waals surface area contributed by atoms with Crippen molar-refractivity contribution in [3.63, 3.8) is 0 Å². The van der Waals surface area contributed by atoms with E-state index in [4.69, 9.17) is 9.47 Å². The maximum absolute atomic E-state index is 12.5. The third-order valence-corrected chi connectivity index (χ3v) is 8.03. The number of sulfone groups is 1. The lowest BCUT2D eigenvalue weighted by Gasteiger charge is -2.26. The Hall–Kier alpha value is -1.58. The summed E-state index contributed by atoms with van der Waals surface area (Å²) in [6, 6.07) is 7.13. The molecule has 3 saturated heterocycles. The molecule has 1 aromatic carbocycles. The van der Waals surface area contributed by atoms with Crippen LogP contribution in [0, 0.1) is 0 Å². The van der Waals surface area contributed by atoms with Gasteiger partial charge in [0.15, 0.2) is 15.0 Å². The molecule has 3 aliphatic rings. The lowest BCUT2D eigenvalue weighted by atomic mass is 10.2. The van der Waals surface area contributed by atoms with E-state index in [-0.39, 0.29) is 28.7 Å². The number of amides is 1. The number of aliphatic imine (C=N–C) groups is 1. The van der Waals surface area contributed by atoms with E-state index in [0.717, 1.165) is 12.1 Å². The van der Waals surface area contributed by atoms with Crippen molar-refractivity contribution >= 4 is 38.4 Å². The highest BCUT2D eigenvalue weighted by molar-refractivity contribution is 8.16. The summed E-state index contributed by atoms with van der Waals surface area (Å²) >= 11 is 1.36. The molecule has 0 saturated carbocycles. The first-order valence-corrected chi connectivity index (χ1v) is 11.2. The van der Waals surface area contributed by atoms with Crippen molar-refractivity contribution in [2.24, 2.45) is 4.99 Å². The summed E-state index contributed by atoms with van der Waals surface area (Å²) in [5.41, 5.74) is 0.728. The van der Waals surface area contributed by atoms with Gasteiger partial charge in [-0.3, -0.25) is 4.79 Å². The van der Waals surface area contributed by atoms with Gasteiger partial charge in [0.05, 0.1) is 30.3 Å². The van der Waals surface area contributed by atoms with Gasteiger partial charge in [0.25, 0.3) is 5.91 Å². The number of anilines is 1. The molecule has 0 unspecified atom stereocenters. The van der Waals surface area contributed by atoms with Crippen LogP contribution < -0.4 is 9.64 Å². The van der Waals surface area contributed by atoms with Gasteiger partial charge in [-0.15, -0.1) is 0 Å². The molecular weight excluding hydrogens is 376 g/mol. The van der Waals surface area contributed by atoms with Gasteiger partial charge in [-0.25, -0.2) is 8.42 Å². The molecule has 0 aromatic heterocycles. The van der Waals surface area contributed by atoms with E-state index >= 15 is 0 Å². The van der Waals surface area contributed by atoms with Crippen LogP contribution in [0.15, 0.2) is 29.3 Å². The van der Waals surface area contributed by atoms with Crippen molar-refractivity contribution in [1.82, 2.24) is 0 Å². The molecule has 3 heterocycles. The maximum Gasteiger partial charge on any atom is 0.277 e. The van der Waals surface area contributed by atoms with E-state index in [0.29, 0.717) is 23.9 Å². The second kappa shape index (κ2) is 6.86. The number of carbonyl (C=O) groups is 1. The predicted octanol–water partition coefficient (Wildman–Crippen LogP) is 1.48. The van der Waals surface area contributed by atoms with Crippen LogP contribution in [0.1, 0.15) is 12.8 Å². The third kappa shape index (κ3) is 3.23. The van der Waals surface area contributed by atoms with Crippen LogP contribution in [0.2, 0.25) is 0 Å². The van der Waals surface area contributed by atoms with Crippen LogP contribution >= 0.6 is 11.8 Å². The number of methoxy groups -OCH3 is 1. The number of para-hydroxylation sites is 2. The Morgan fingerprint density at radius 2 is 2.15 bits per heavy atom. The molecule has 4 rings (SSSR count). The molecule has 7 nitrogen and oxygen atoms in total. The zero-order chi connectivity index (χ0) is 18.3. The van der Waals surface area contributed by atoms with E-state index < -0.39 is 15.9 Å². The Labute approximate surface area is 156 Å². The molecule has 0 bridgehead atoms. The van der Waals surface area contributed by atoms with E-state index in [2.05, 4.69) is 4.99 Å². The summed E-state index contributed by atoms with van der Waals surface area (Å²) < 4.78 is 35.1. The molecule has 3 atom stereocenters. The Kier molecular flexibility index (Phi) is 4.70. The molecule has 3 aliphatic heterocycles. The largest absolute Gasteiger partial charge is 0.495 e. The van der Waals surface area contributed by atoms with Gasteiger partial charge in [-0.2, -0.15) is 4.99 Å². The van der Waals surface area contributed by atoms with Gasteiger partial charge >= 0.3 is 0 Å². The minimum Gasteiger partial charge on any atom is -0.495 e. The van der Waals surface area contributed by atoms with Crippen molar-refractivity contribution in [3.8, 4) is 5.75 Å². The fourth-order valence-corrected chi connectivity index (χ4v) is 7.53. The fourth-order valence-electron chi connectivity index (χ4n) is 3.61. The molecule has 140 valence electrons. The molecule has 1 amide bonds. The minimum absolute atomic E-state index is 0.0514. The number of thioether (sulfide) groups is 1. The molecule has 0 spiro atoms. The smallest absolute Gasteiger partial charge is 0.277 e. The van der Waals surface area contributed by atoms with Gasteiger partial charge in [0.1, 0.15) is 11.9 Å². The van der Waals surface area contributed by atoms with Crippen LogP contribution in [-0.4, -0.2) is 62.1 Å². The van der Waals surface area contributed by atoms with Crippen LogP contribution in [0.3, 0.4) is 0 Å². The first-order chi connectivity index (χ1) is 12.5. The summed E-state index contributed by atoms with van der Waals surface area (Å²) in [6.07, 6.45) is 1.04. The second-order valence-corrected chi connectivity index (χ2v) is 9.94. The van der Waals surface area contributed by atoms with Crippen LogP contribution in [0.5, 0.6) is 5.75 Å². The first-order valence-electron chi connectivity index (χ1n) is 8.52. The van der Waals surface area contributed by atoms with Gasteiger partial charge in [-0.1, -0.05) is 23.9 Å². The predicted molar refractivity (Wildman–Crippen MR) is 101 cm³/mol. The summed E-state index contributed by atoms with van der Waals surface area (Å²) in [7, 11) is -1.53. The first kappa shape index (κ1) is 17.8. The number of carbonyl (C=O) groups excluding carboxylic acids is 1. The Bertz CT molecular complexity index is 848. The minimum atomic E-state index is -3.10. The SMILES string of the molecule is COc1ccccc1N1C(=NC(=O)[C@H]2CCCO2)S[C@H]2CS(=O)(=O)C[C@@H]21. The molecule has 0 N–H and O–H groups in total. The Balaban J connectivity index is 1.72. The highest BCUT2D eigenvalue weighted by atomic mass is 32.2. The summed E-state index contributed by atoms with van der Waals surface area (Å²) in [4.78, 5) is 18.6. The average Bonchev–Trinajstić information content (AvgIpc) is 3.29. The average molecular weight is 396 g/mol. The Morgan fingerprint density at radius 3 is 2.88 bits per heavy atom. The Morgan fingerprint density at radius 1 is 1.35 bits per heavy atom. The molecule has 26 heavy (non-hydrogen) atoms. The van der Waals surface area contributed by atoms with Crippen LogP contribution in [0.25, 0.3) is 0 Å². The summed E-state index contributed by atoms with van der Waals surface area (Å²) in [6.45, 7) is 0.577. The molecule has 1 aromatic rings. The van der Waals surface area contributed by atoms with E-state index in [9.17, 15) is 13.2 Å². The number of ether oxygens (including phenoxy) is 2. The highest BCUT2D eigenvalue weighted by Gasteiger charge is 2.50. The van der Waals surface area contributed by atoms with Crippen molar-refractivity contribution in [2.45, 2.75) is 30.2 Å². The van der Waals surface area contributed by atoms with Crippen molar-refractivity contribution < 1.29 is 22.7 Å².